The number of nitro benzene ring substituents is 1. The van der Waals surface area contributed by atoms with Crippen LogP contribution in [0.4, 0.5) is 5.69 Å². The Bertz CT molecular complexity index is 1360. The molecule has 0 spiro atoms. The molecule has 2 aromatic carbocycles. The van der Waals surface area contributed by atoms with E-state index >= 15 is 0 Å². The molecule has 41 heavy (non-hydrogen) atoms. The Labute approximate surface area is 238 Å². The molecule has 1 saturated heterocycles. The Hall–Kier alpha value is -4.09. The largest absolute Gasteiger partial charge is 0.491 e. The van der Waals surface area contributed by atoms with E-state index in [9.17, 15) is 19.7 Å². The summed E-state index contributed by atoms with van der Waals surface area (Å²) in [7, 11) is 1.25. The number of non-ortho nitro benzene ring substituents is 1. The van der Waals surface area contributed by atoms with Crippen LogP contribution >= 0.6 is 0 Å². The molecule has 0 saturated carbocycles. The van der Waals surface area contributed by atoms with Crippen LogP contribution < -0.4 is 4.74 Å². The van der Waals surface area contributed by atoms with Crippen LogP contribution in [0.2, 0.25) is 0 Å². The molecule has 2 aromatic rings. The normalized spacial score (nSPS) is 21.7. The van der Waals surface area contributed by atoms with Crippen LogP contribution in [0.5, 0.6) is 5.75 Å². The van der Waals surface area contributed by atoms with Crippen molar-refractivity contribution in [3.63, 3.8) is 0 Å². The van der Waals surface area contributed by atoms with E-state index < -0.39 is 34.5 Å². The lowest BCUT2D eigenvalue weighted by Gasteiger charge is -2.31. The number of ether oxygens (including phenoxy) is 5. The molecule has 0 amide bonds. The van der Waals surface area contributed by atoms with Gasteiger partial charge in [0.25, 0.3) is 5.69 Å². The second-order valence-electron chi connectivity index (χ2n) is 10.4. The van der Waals surface area contributed by atoms with E-state index in [0.717, 1.165) is 5.56 Å². The monoisotopic (exact) mass is 566 g/mol. The highest BCUT2D eigenvalue weighted by Crippen LogP contribution is 2.41. The van der Waals surface area contributed by atoms with Gasteiger partial charge in [-0.25, -0.2) is 4.79 Å². The number of aliphatic imine (C=N–C) groups is 1. The first-order valence-electron chi connectivity index (χ1n) is 13.3. The lowest BCUT2D eigenvalue weighted by atomic mass is 9.75. The van der Waals surface area contributed by atoms with E-state index in [1.165, 1.54) is 25.3 Å². The number of methoxy groups -OCH3 is 1. The van der Waals surface area contributed by atoms with Gasteiger partial charge in [0.1, 0.15) is 24.4 Å². The molecule has 0 bridgehead atoms. The number of hydrogen-bond acceptors (Lipinski definition) is 10. The van der Waals surface area contributed by atoms with Crippen molar-refractivity contribution in [3.05, 3.63) is 81.0 Å². The van der Waals surface area contributed by atoms with Crippen molar-refractivity contribution in [2.45, 2.75) is 51.9 Å². The standard InChI is InChI=1S/C30H34N2O9/c1-18-25(28(33)37-5)27(21-7-6-8-22(15-21)32(35)36)26(19(2)31-18)29(34)38-14-13-20-9-11-23(12-10-20)39-16-24-17-40-30(3,4)41-24/h6-12,15,24-25,27H,13-14,16-17H2,1-5H3. The van der Waals surface area contributed by atoms with Gasteiger partial charge in [0.05, 0.1) is 30.8 Å². The maximum Gasteiger partial charge on any atom is 0.336 e. The van der Waals surface area contributed by atoms with Crippen molar-refractivity contribution in [1.29, 1.82) is 0 Å². The van der Waals surface area contributed by atoms with Gasteiger partial charge in [0.15, 0.2) is 5.79 Å². The summed E-state index contributed by atoms with van der Waals surface area (Å²) < 4.78 is 27.7. The van der Waals surface area contributed by atoms with Gasteiger partial charge >= 0.3 is 11.9 Å². The molecular formula is C30H34N2O9. The van der Waals surface area contributed by atoms with Crippen LogP contribution in [0.25, 0.3) is 0 Å². The molecule has 3 atom stereocenters. The van der Waals surface area contributed by atoms with Crippen molar-refractivity contribution in [1.82, 2.24) is 0 Å². The number of benzene rings is 2. The Balaban J connectivity index is 1.43. The lowest BCUT2D eigenvalue weighted by Crippen LogP contribution is -2.36. The molecule has 218 valence electrons. The molecule has 1 fully saturated rings. The van der Waals surface area contributed by atoms with Crippen molar-refractivity contribution in [2.75, 3.05) is 26.9 Å². The quantitative estimate of drug-likeness (QED) is 0.231. The number of allylic oxidation sites excluding steroid dienone is 1. The molecule has 4 rings (SSSR count). The van der Waals surface area contributed by atoms with Crippen molar-refractivity contribution < 1.29 is 38.2 Å². The highest BCUT2D eigenvalue weighted by Gasteiger charge is 2.42. The summed E-state index contributed by atoms with van der Waals surface area (Å²) in [4.78, 5) is 41.5. The lowest BCUT2D eigenvalue weighted by molar-refractivity contribution is -0.384. The molecule has 3 unspecified atom stereocenters. The Kier molecular flexibility index (Phi) is 9.19. The minimum absolute atomic E-state index is 0.0748. The van der Waals surface area contributed by atoms with Crippen LogP contribution in [0.3, 0.4) is 0 Å². The van der Waals surface area contributed by atoms with Crippen molar-refractivity contribution >= 4 is 23.3 Å². The summed E-state index contributed by atoms with van der Waals surface area (Å²) in [5, 5.41) is 11.4. The summed E-state index contributed by atoms with van der Waals surface area (Å²) in [6.45, 7) is 7.96. The fourth-order valence-corrected chi connectivity index (χ4v) is 5.05. The van der Waals surface area contributed by atoms with Crippen LogP contribution in [0.1, 0.15) is 44.7 Å². The molecule has 11 nitrogen and oxygen atoms in total. The molecule has 2 heterocycles. The third-order valence-electron chi connectivity index (χ3n) is 6.99. The van der Waals surface area contributed by atoms with Gasteiger partial charge in [-0.1, -0.05) is 24.3 Å². The summed E-state index contributed by atoms with van der Waals surface area (Å²) in [5.74, 6) is -2.96. The predicted octanol–water partition coefficient (Wildman–Crippen LogP) is 4.53. The SMILES string of the molecule is COC(=O)C1C(C)=NC(C)=C(C(=O)OCCc2ccc(OCC3COC(C)(C)O3)cc2)C1c1cccc([N+](=O)[O-])c1. The second-order valence-corrected chi connectivity index (χ2v) is 10.4. The van der Waals surface area contributed by atoms with E-state index in [1.807, 2.05) is 38.1 Å². The first-order chi connectivity index (χ1) is 19.5. The molecule has 0 N–H and O–H groups in total. The smallest absolute Gasteiger partial charge is 0.336 e. The van der Waals surface area contributed by atoms with Crippen LogP contribution in [0.15, 0.2) is 64.8 Å². The fraction of sp³-hybridized carbons (Fsp3) is 0.433. The van der Waals surface area contributed by atoms with Gasteiger partial charge in [0.2, 0.25) is 0 Å². The summed E-state index contributed by atoms with van der Waals surface area (Å²) in [6.07, 6.45) is 0.301. The average molecular weight is 567 g/mol. The highest BCUT2D eigenvalue weighted by atomic mass is 16.7. The van der Waals surface area contributed by atoms with E-state index in [-0.39, 0.29) is 24.0 Å². The fourth-order valence-electron chi connectivity index (χ4n) is 5.05. The van der Waals surface area contributed by atoms with Gasteiger partial charge in [-0.05, 0) is 51.0 Å². The van der Waals surface area contributed by atoms with E-state index in [2.05, 4.69) is 4.99 Å². The number of carbonyl (C=O) groups is 2. The molecule has 11 heteroatoms. The van der Waals surface area contributed by atoms with Gasteiger partial charge < -0.3 is 23.7 Å². The number of nitro groups is 1. The molecule has 0 aromatic heterocycles. The van der Waals surface area contributed by atoms with E-state index in [4.69, 9.17) is 23.7 Å². The molecule has 2 aliphatic heterocycles. The predicted molar refractivity (Wildman–Crippen MR) is 149 cm³/mol. The zero-order chi connectivity index (χ0) is 29.7. The second kappa shape index (κ2) is 12.6. The number of hydrogen-bond donors (Lipinski definition) is 0. The maximum absolute atomic E-state index is 13.4. The van der Waals surface area contributed by atoms with Crippen molar-refractivity contribution in [3.8, 4) is 5.75 Å². The number of carbonyl (C=O) groups excluding carboxylic acids is 2. The first kappa shape index (κ1) is 29.9. The minimum atomic E-state index is -0.937. The summed E-state index contributed by atoms with van der Waals surface area (Å²) >= 11 is 0. The Morgan fingerprint density at radius 3 is 2.51 bits per heavy atom. The average Bonchev–Trinajstić information content (AvgIpc) is 3.30. The van der Waals surface area contributed by atoms with Crippen molar-refractivity contribution in [2.24, 2.45) is 10.9 Å². The van der Waals surface area contributed by atoms with Gasteiger partial charge in [-0.2, -0.15) is 0 Å². The van der Waals surface area contributed by atoms with Crippen LogP contribution in [-0.4, -0.2) is 61.4 Å². The molecule has 2 aliphatic rings. The highest BCUT2D eigenvalue weighted by molar-refractivity contribution is 6.07. The third-order valence-corrected chi connectivity index (χ3v) is 6.99. The zero-order valence-corrected chi connectivity index (χ0v) is 23.7. The number of nitrogens with zero attached hydrogens (tertiary/aromatic N) is 2. The first-order valence-corrected chi connectivity index (χ1v) is 13.3. The summed E-state index contributed by atoms with van der Waals surface area (Å²) in [5.41, 5.74) is 2.18. The Morgan fingerprint density at radius 1 is 1.15 bits per heavy atom. The summed E-state index contributed by atoms with van der Waals surface area (Å²) in [6, 6.07) is 13.3. The number of esters is 2. The van der Waals surface area contributed by atoms with Gasteiger partial charge in [-0.3, -0.25) is 19.9 Å². The molecule has 0 aliphatic carbocycles. The molecule has 0 radical (unpaired) electrons. The van der Waals surface area contributed by atoms with Crippen LogP contribution in [0, 0.1) is 16.0 Å². The third kappa shape index (κ3) is 7.17. The van der Waals surface area contributed by atoms with Gasteiger partial charge in [0, 0.05) is 35.9 Å². The van der Waals surface area contributed by atoms with E-state index in [0.29, 0.717) is 42.4 Å². The minimum Gasteiger partial charge on any atom is -0.491 e. The van der Waals surface area contributed by atoms with Gasteiger partial charge in [-0.15, -0.1) is 0 Å². The molecular weight excluding hydrogens is 532 g/mol. The number of rotatable bonds is 10. The zero-order valence-electron chi connectivity index (χ0n) is 23.7. The topological polar surface area (TPSA) is 136 Å². The van der Waals surface area contributed by atoms with Crippen LogP contribution in [-0.2, 0) is 35.0 Å². The van der Waals surface area contributed by atoms with E-state index in [1.54, 1.807) is 19.9 Å². The maximum atomic E-state index is 13.4. The Morgan fingerprint density at radius 2 is 1.88 bits per heavy atom.